The molecule has 0 bridgehead atoms. The molecule has 0 radical (unpaired) electrons. The fourth-order valence-electron chi connectivity index (χ4n) is 2.32. The molecule has 0 saturated heterocycles. The molecule has 2 nitrogen and oxygen atoms in total. The molecule has 0 unspecified atom stereocenters. The Morgan fingerprint density at radius 2 is 1.50 bits per heavy atom. The topological polar surface area (TPSA) is 29.4 Å². The van der Waals surface area contributed by atoms with Crippen molar-refractivity contribution in [2.45, 2.75) is 66.2 Å². The zero-order valence-electron chi connectivity index (χ0n) is 13.7. The van der Waals surface area contributed by atoms with Crippen LogP contribution in [0.25, 0.3) is 0 Å². The molecular weight excluding hydrogens is 246 g/mol. The van der Waals surface area contributed by atoms with Crippen molar-refractivity contribution in [2.75, 3.05) is 0 Å². The molecule has 0 heterocycles. The average Bonchev–Trinajstić information content (AvgIpc) is 2.43. The summed E-state index contributed by atoms with van der Waals surface area (Å²) in [5.74, 6) is 0.963. The average molecular weight is 273 g/mol. The number of hydrogen-bond acceptors (Lipinski definition) is 2. The van der Waals surface area contributed by atoms with Crippen LogP contribution in [0.15, 0.2) is 23.2 Å². The van der Waals surface area contributed by atoms with E-state index in [0.29, 0.717) is 30.4 Å². The SMILES string of the molecule is CCC(=O)C(CC)=Nc1c(C(C)C)cccc1C(C)C. The molecule has 1 aromatic carbocycles. The van der Waals surface area contributed by atoms with Gasteiger partial charge in [0.2, 0.25) is 0 Å². The highest BCUT2D eigenvalue weighted by Crippen LogP contribution is 2.35. The third-order valence-electron chi connectivity index (χ3n) is 3.57. The first-order valence-electron chi connectivity index (χ1n) is 7.65. The monoisotopic (exact) mass is 273 g/mol. The number of Topliss-reactive ketones (excluding diaryl/α,β-unsaturated/α-hetero) is 1. The molecule has 0 atom stereocenters. The highest BCUT2D eigenvalue weighted by molar-refractivity contribution is 6.40. The Morgan fingerprint density at radius 3 is 1.85 bits per heavy atom. The highest BCUT2D eigenvalue weighted by atomic mass is 16.1. The number of aliphatic imine (C=N–C) groups is 1. The van der Waals surface area contributed by atoms with Crippen molar-refractivity contribution in [3.63, 3.8) is 0 Å². The molecule has 1 rings (SSSR count). The van der Waals surface area contributed by atoms with Crippen LogP contribution in [0.5, 0.6) is 0 Å². The predicted molar refractivity (Wildman–Crippen MR) is 87.3 cm³/mol. The first kappa shape index (κ1) is 16.6. The van der Waals surface area contributed by atoms with Crippen LogP contribution in [0.3, 0.4) is 0 Å². The van der Waals surface area contributed by atoms with Gasteiger partial charge in [-0.25, -0.2) is 4.99 Å². The van der Waals surface area contributed by atoms with Crippen molar-refractivity contribution in [3.8, 4) is 0 Å². The summed E-state index contributed by atoms with van der Waals surface area (Å²) in [6, 6.07) is 6.34. The van der Waals surface area contributed by atoms with Gasteiger partial charge in [-0.15, -0.1) is 0 Å². The van der Waals surface area contributed by atoms with Gasteiger partial charge in [0, 0.05) is 6.42 Å². The normalized spacial score (nSPS) is 12.3. The van der Waals surface area contributed by atoms with Gasteiger partial charge in [0.05, 0.1) is 11.4 Å². The first-order chi connectivity index (χ1) is 9.42. The lowest BCUT2D eigenvalue weighted by atomic mass is 9.92. The van der Waals surface area contributed by atoms with Crippen LogP contribution in [0.4, 0.5) is 5.69 Å². The Balaban J connectivity index is 3.47. The van der Waals surface area contributed by atoms with Crippen molar-refractivity contribution in [1.82, 2.24) is 0 Å². The van der Waals surface area contributed by atoms with Crippen LogP contribution in [0.2, 0.25) is 0 Å². The van der Waals surface area contributed by atoms with E-state index in [1.165, 1.54) is 11.1 Å². The third-order valence-corrected chi connectivity index (χ3v) is 3.57. The summed E-state index contributed by atoms with van der Waals surface area (Å²) >= 11 is 0. The number of para-hydroxylation sites is 1. The molecule has 110 valence electrons. The molecule has 0 saturated carbocycles. The van der Waals surface area contributed by atoms with E-state index in [4.69, 9.17) is 4.99 Å². The second-order valence-electron chi connectivity index (χ2n) is 5.78. The van der Waals surface area contributed by atoms with Crippen molar-refractivity contribution in [3.05, 3.63) is 29.3 Å². The molecule has 0 aliphatic rings. The smallest absolute Gasteiger partial charge is 0.176 e. The van der Waals surface area contributed by atoms with E-state index >= 15 is 0 Å². The maximum Gasteiger partial charge on any atom is 0.176 e. The summed E-state index contributed by atoms with van der Waals surface area (Å²) < 4.78 is 0. The zero-order valence-corrected chi connectivity index (χ0v) is 13.7. The molecule has 0 fully saturated rings. The number of carbonyl (C=O) groups is 1. The molecule has 2 heteroatoms. The molecule has 0 amide bonds. The minimum Gasteiger partial charge on any atom is -0.293 e. The molecule has 20 heavy (non-hydrogen) atoms. The Hall–Kier alpha value is -1.44. The van der Waals surface area contributed by atoms with E-state index in [9.17, 15) is 4.79 Å². The lowest BCUT2D eigenvalue weighted by Crippen LogP contribution is -2.11. The first-order valence-corrected chi connectivity index (χ1v) is 7.65. The van der Waals surface area contributed by atoms with Crippen molar-refractivity contribution >= 4 is 17.2 Å². The van der Waals surface area contributed by atoms with E-state index in [2.05, 4.69) is 45.9 Å². The third kappa shape index (κ3) is 3.78. The summed E-state index contributed by atoms with van der Waals surface area (Å²) in [7, 11) is 0. The second-order valence-corrected chi connectivity index (χ2v) is 5.78. The van der Waals surface area contributed by atoms with Crippen LogP contribution in [0, 0.1) is 0 Å². The minimum absolute atomic E-state index is 0.153. The molecule has 0 N–H and O–H groups in total. The molecule has 0 aromatic heterocycles. The van der Waals surface area contributed by atoms with Crippen molar-refractivity contribution in [1.29, 1.82) is 0 Å². The number of benzene rings is 1. The highest BCUT2D eigenvalue weighted by Gasteiger charge is 2.15. The van der Waals surface area contributed by atoms with Crippen LogP contribution < -0.4 is 0 Å². The summed E-state index contributed by atoms with van der Waals surface area (Å²) in [4.78, 5) is 16.7. The number of hydrogen-bond donors (Lipinski definition) is 0. The Bertz CT molecular complexity index is 472. The molecule has 0 spiro atoms. The fraction of sp³-hybridized carbons (Fsp3) is 0.556. The van der Waals surface area contributed by atoms with E-state index in [-0.39, 0.29) is 5.78 Å². The van der Waals surface area contributed by atoms with Crippen LogP contribution >= 0.6 is 0 Å². The van der Waals surface area contributed by atoms with Crippen LogP contribution in [-0.4, -0.2) is 11.5 Å². The van der Waals surface area contributed by atoms with Gasteiger partial charge < -0.3 is 0 Å². The van der Waals surface area contributed by atoms with Gasteiger partial charge in [-0.1, -0.05) is 59.7 Å². The fourth-order valence-corrected chi connectivity index (χ4v) is 2.32. The predicted octanol–water partition coefficient (Wildman–Crippen LogP) is 5.40. The minimum atomic E-state index is 0.153. The number of rotatable bonds is 6. The van der Waals surface area contributed by atoms with Gasteiger partial charge in [0.1, 0.15) is 0 Å². The van der Waals surface area contributed by atoms with E-state index in [0.717, 1.165) is 5.69 Å². The standard InChI is InChI=1S/C18H27NO/c1-7-16(17(20)8-2)19-18-14(12(3)4)10-9-11-15(18)13(5)6/h9-13H,7-8H2,1-6H3. The number of ketones is 1. The Kier molecular flexibility index (Phi) is 6.12. The van der Waals surface area contributed by atoms with Crippen LogP contribution in [-0.2, 0) is 4.79 Å². The van der Waals surface area contributed by atoms with Gasteiger partial charge >= 0.3 is 0 Å². The number of carbonyl (C=O) groups excluding carboxylic acids is 1. The van der Waals surface area contributed by atoms with Crippen LogP contribution in [0.1, 0.15) is 77.3 Å². The molecule has 0 aliphatic carbocycles. The summed E-state index contributed by atoms with van der Waals surface area (Å²) in [5.41, 5.74) is 4.16. The Morgan fingerprint density at radius 1 is 1.00 bits per heavy atom. The van der Waals surface area contributed by atoms with E-state index in [1.807, 2.05) is 13.8 Å². The molecular formula is C18H27NO. The van der Waals surface area contributed by atoms with E-state index in [1.54, 1.807) is 0 Å². The lowest BCUT2D eigenvalue weighted by molar-refractivity contribution is -0.112. The van der Waals surface area contributed by atoms with Gasteiger partial charge in [0.15, 0.2) is 5.78 Å². The molecule has 1 aromatic rings. The number of nitrogens with zero attached hydrogens (tertiary/aromatic N) is 1. The Labute approximate surface area is 123 Å². The quantitative estimate of drug-likeness (QED) is 0.638. The largest absolute Gasteiger partial charge is 0.293 e. The zero-order chi connectivity index (χ0) is 15.3. The van der Waals surface area contributed by atoms with Crippen molar-refractivity contribution in [2.24, 2.45) is 4.99 Å². The maximum absolute atomic E-state index is 12.0. The summed E-state index contributed by atoms with van der Waals surface area (Å²) in [5, 5.41) is 0. The summed E-state index contributed by atoms with van der Waals surface area (Å²) in [6.45, 7) is 12.6. The maximum atomic E-state index is 12.0. The van der Waals surface area contributed by atoms with Gasteiger partial charge in [0.25, 0.3) is 0 Å². The lowest BCUT2D eigenvalue weighted by Gasteiger charge is -2.17. The van der Waals surface area contributed by atoms with Crippen molar-refractivity contribution < 1.29 is 4.79 Å². The van der Waals surface area contributed by atoms with Gasteiger partial charge in [-0.2, -0.15) is 0 Å². The van der Waals surface area contributed by atoms with Gasteiger partial charge in [-0.3, -0.25) is 4.79 Å². The van der Waals surface area contributed by atoms with E-state index < -0.39 is 0 Å². The molecule has 0 aliphatic heterocycles. The van der Waals surface area contributed by atoms with Gasteiger partial charge in [-0.05, 0) is 29.4 Å². The second kappa shape index (κ2) is 7.37. The summed E-state index contributed by atoms with van der Waals surface area (Å²) in [6.07, 6.45) is 1.21.